The van der Waals surface area contributed by atoms with Crippen LogP contribution in [0.1, 0.15) is 55.6 Å². The molecule has 0 saturated carbocycles. The number of rotatable bonds is 7. The van der Waals surface area contributed by atoms with E-state index in [-0.39, 0.29) is 30.4 Å². The molecule has 3 aliphatic rings. The number of carbonyl (C=O) groups is 3. The van der Waals surface area contributed by atoms with Crippen molar-refractivity contribution in [1.29, 1.82) is 0 Å². The molecule has 0 saturated heterocycles. The van der Waals surface area contributed by atoms with Crippen LogP contribution >= 0.6 is 15.9 Å². The second kappa shape index (κ2) is 10.5. The number of allylic oxidation sites excluding steroid dienone is 4. The summed E-state index contributed by atoms with van der Waals surface area (Å²) in [5, 5.41) is 20.6. The molecule has 0 spiro atoms. The maximum atomic E-state index is 13.4. The van der Waals surface area contributed by atoms with Crippen LogP contribution in [-0.4, -0.2) is 39.0 Å². The fourth-order valence-electron chi connectivity index (χ4n) is 5.60. The Hall–Kier alpha value is -3.79. The second-order valence-corrected chi connectivity index (χ2v) is 10.5. The Morgan fingerprint density at radius 3 is 2.16 bits per heavy atom. The molecule has 0 aromatic heterocycles. The molecule has 38 heavy (non-hydrogen) atoms. The fourth-order valence-corrected chi connectivity index (χ4v) is 5.98. The Morgan fingerprint density at radius 1 is 1.00 bits per heavy atom. The summed E-state index contributed by atoms with van der Waals surface area (Å²) in [4.78, 5) is 50.8. The summed E-state index contributed by atoms with van der Waals surface area (Å²) in [7, 11) is 0. The van der Waals surface area contributed by atoms with Crippen LogP contribution < -0.4 is 4.74 Å². The van der Waals surface area contributed by atoms with Crippen LogP contribution in [0.2, 0.25) is 0 Å². The van der Waals surface area contributed by atoms with Gasteiger partial charge in [0.25, 0.3) is 5.69 Å². The first-order valence-electron chi connectivity index (χ1n) is 12.4. The van der Waals surface area contributed by atoms with E-state index < -0.39 is 16.8 Å². The summed E-state index contributed by atoms with van der Waals surface area (Å²) >= 11 is 3.52. The molecular weight excluding hydrogens is 556 g/mol. The molecule has 0 atom stereocenters. The Kier molecular flexibility index (Phi) is 7.16. The number of aliphatic carboxylic acids is 1. The topological polar surface area (TPSA) is 127 Å². The van der Waals surface area contributed by atoms with Crippen molar-refractivity contribution in [3.63, 3.8) is 0 Å². The van der Waals surface area contributed by atoms with E-state index in [1.54, 1.807) is 23.1 Å². The molecule has 2 aromatic carbocycles. The van der Waals surface area contributed by atoms with Gasteiger partial charge >= 0.3 is 5.97 Å². The highest BCUT2D eigenvalue weighted by Crippen LogP contribution is 2.51. The quantitative estimate of drug-likeness (QED) is 0.339. The lowest BCUT2D eigenvalue weighted by atomic mass is 9.70. The summed E-state index contributed by atoms with van der Waals surface area (Å²) in [6, 6.07) is 11.5. The number of carbonyl (C=O) groups excluding carboxylic acids is 2. The first kappa shape index (κ1) is 25.8. The van der Waals surface area contributed by atoms with Crippen molar-refractivity contribution in [1.82, 2.24) is 4.90 Å². The molecule has 5 rings (SSSR count). The highest BCUT2D eigenvalue weighted by molar-refractivity contribution is 9.10. The monoisotopic (exact) mass is 580 g/mol. The Bertz CT molecular complexity index is 1370. The minimum absolute atomic E-state index is 0.0169. The van der Waals surface area contributed by atoms with E-state index in [2.05, 4.69) is 15.9 Å². The van der Waals surface area contributed by atoms with Crippen LogP contribution in [0.5, 0.6) is 5.75 Å². The average molecular weight is 581 g/mol. The third kappa shape index (κ3) is 4.88. The van der Waals surface area contributed by atoms with Crippen LogP contribution in [0.15, 0.2) is 69.5 Å². The van der Waals surface area contributed by atoms with E-state index in [4.69, 9.17) is 4.74 Å². The molecule has 1 aliphatic heterocycles. The third-order valence-electron chi connectivity index (χ3n) is 7.20. The molecule has 0 unspecified atom stereocenters. The highest BCUT2D eigenvalue weighted by atomic mass is 79.9. The smallest absolute Gasteiger partial charge is 0.323 e. The molecule has 196 valence electrons. The number of Topliss-reactive ketones (excluding diaryl/α,β-unsaturated/α-hetero) is 2. The Morgan fingerprint density at radius 2 is 1.61 bits per heavy atom. The van der Waals surface area contributed by atoms with E-state index >= 15 is 0 Å². The van der Waals surface area contributed by atoms with Crippen molar-refractivity contribution >= 4 is 39.2 Å². The lowest BCUT2D eigenvalue weighted by Gasteiger charge is -2.43. The van der Waals surface area contributed by atoms with E-state index in [9.17, 15) is 29.6 Å². The molecule has 9 nitrogen and oxygen atoms in total. The minimum atomic E-state index is -1.02. The van der Waals surface area contributed by atoms with Crippen molar-refractivity contribution in [3.05, 3.63) is 90.7 Å². The molecule has 0 amide bonds. The predicted molar refractivity (Wildman–Crippen MR) is 140 cm³/mol. The third-order valence-corrected chi connectivity index (χ3v) is 7.70. The number of ether oxygens (including phenoxy) is 1. The largest absolute Gasteiger partial charge is 0.489 e. The zero-order valence-electron chi connectivity index (χ0n) is 20.4. The van der Waals surface area contributed by atoms with E-state index in [0.29, 0.717) is 72.4 Å². The number of carboxylic acids is 1. The van der Waals surface area contributed by atoms with Gasteiger partial charge in [-0.1, -0.05) is 15.9 Å². The van der Waals surface area contributed by atoms with Gasteiger partial charge in [-0.05, 0) is 61.6 Å². The van der Waals surface area contributed by atoms with Gasteiger partial charge in [0.05, 0.1) is 4.92 Å². The van der Waals surface area contributed by atoms with Gasteiger partial charge in [0.2, 0.25) is 0 Å². The van der Waals surface area contributed by atoms with Crippen LogP contribution in [0.3, 0.4) is 0 Å². The molecule has 0 radical (unpaired) electrons. The van der Waals surface area contributed by atoms with Gasteiger partial charge in [0, 0.05) is 63.5 Å². The molecule has 10 heteroatoms. The Balaban J connectivity index is 1.61. The zero-order valence-corrected chi connectivity index (χ0v) is 22.0. The van der Waals surface area contributed by atoms with Gasteiger partial charge in [-0.15, -0.1) is 0 Å². The van der Waals surface area contributed by atoms with Gasteiger partial charge < -0.3 is 14.7 Å². The Labute approximate surface area is 227 Å². The number of nitrogens with zero attached hydrogens (tertiary/aromatic N) is 2. The summed E-state index contributed by atoms with van der Waals surface area (Å²) in [6.07, 6.45) is 3.03. The van der Waals surface area contributed by atoms with E-state index in [1.807, 2.05) is 12.1 Å². The van der Waals surface area contributed by atoms with Crippen LogP contribution in [0, 0.1) is 10.1 Å². The van der Waals surface area contributed by atoms with E-state index in [1.165, 1.54) is 12.1 Å². The average Bonchev–Trinajstić information content (AvgIpc) is 2.88. The predicted octanol–water partition coefficient (Wildman–Crippen LogP) is 5.43. The number of hydrogen-bond acceptors (Lipinski definition) is 7. The van der Waals surface area contributed by atoms with Gasteiger partial charge in [-0.25, -0.2) is 0 Å². The minimum Gasteiger partial charge on any atom is -0.489 e. The van der Waals surface area contributed by atoms with Crippen LogP contribution in [0.4, 0.5) is 5.69 Å². The number of ketones is 2. The number of carboxylic acid groups (broad SMARTS) is 1. The summed E-state index contributed by atoms with van der Waals surface area (Å²) in [5.41, 5.74) is 3.68. The number of nitro groups is 1. The summed E-state index contributed by atoms with van der Waals surface area (Å²) in [6.45, 7) is -0.170. The standard InChI is InChI=1S/C28H25BrN2O7/c29-17-9-12-24(38-15-16-7-10-18(11-8-16)31(36)37)19(13-17)26-27-20(3-1-5-22(27)32)30(14-25(34)35)21-4-2-6-23(33)28(21)26/h7-13,26H,1-6,14-15H2,(H,34,35). The van der Waals surface area contributed by atoms with Gasteiger partial charge in [-0.3, -0.25) is 24.5 Å². The maximum absolute atomic E-state index is 13.4. The van der Waals surface area contributed by atoms with Crippen molar-refractivity contribution < 1.29 is 29.2 Å². The van der Waals surface area contributed by atoms with Gasteiger partial charge in [-0.2, -0.15) is 0 Å². The number of benzene rings is 2. The molecule has 2 aromatic rings. The normalized spacial score (nSPS) is 17.9. The molecule has 0 fully saturated rings. The lowest BCUT2D eigenvalue weighted by molar-refractivity contribution is -0.384. The number of hydrogen-bond donors (Lipinski definition) is 1. The molecule has 1 heterocycles. The number of non-ortho nitro benzene ring substituents is 1. The SMILES string of the molecule is O=C(O)CN1C2=C(C(=O)CCC2)C(c2cc(Br)ccc2OCc2ccc([N+](=O)[O-])cc2)C2=C1CCCC2=O. The van der Waals surface area contributed by atoms with Gasteiger partial charge in [0.15, 0.2) is 11.6 Å². The highest BCUT2D eigenvalue weighted by Gasteiger charge is 2.44. The van der Waals surface area contributed by atoms with Crippen molar-refractivity contribution in [2.24, 2.45) is 0 Å². The molecule has 1 N–H and O–H groups in total. The molecule has 2 aliphatic carbocycles. The van der Waals surface area contributed by atoms with Crippen LogP contribution in [-0.2, 0) is 21.0 Å². The lowest BCUT2D eigenvalue weighted by Crippen LogP contribution is -2.41. The van der Waals surface area contributed by atoms with Crippen molar-refractivity contribution in [2.75, 3.05) is 6.54 Å². The fraction of sp³-hybridized carbons (Fsp3) is 0.321. The van der Waals surface area contributed by atoms with E-state index in [0.717, 1.165) is 10.0 Å². The second-order valence-electron chi connectivity index (χ2n) is 9.58. The zero-order chi connectivity index (χ0) is 27.0. The van der Waals surface area contributed by atoms with Crippen molar-refractivity contribution in [2.45, 2.75) is 51.0 Å². The summed E-state index contributed by atoms with van der Waals surface area (Å²) in [5.74, 6) is -1.36. The van der Waals surface area contributed by atoms with Gasteiger partial charge in [0.1, 0.15) is 18.9 Å². The van der Waals surface area contributed by atoms with Crippen LogP contribution in [0.25, 0.3) is 0 Å². The number of nitro benzene ring substituents is 1. The van der Waals surface area contributed by atoms with Crippen molar-refractivity contribution in [3.8, 4) is 5.75 Å². The number of halogens is 1. The maximum Gasteiger partial charge on any atom is 0.323 e. The molecule has 0 bridgehead atoms. The first-order valence-corrected chi connectivity index (χ1v) is 13.2. The molecular formula is C28H25BrN2O7. The first-order chi connectivity index (χ1) is 18.2. The summed E-state index contributed by atoms with van der Waals surface area (Å²) < 4.78 is 6.94.